The topological polar surface area (TPSA) is 44.3 Å². The van der Waals surface area contributed by atoms with E-state index in [-0.39, 0.29) is 0 Å². The van der Waals surface area contributed by atoms with Gasteiger partial charge in [-0.25, -0.2) is 9.97 Å². The van der Waals surface area contributed by atoms with Crippen LogP contribution >= 0.6 is 0 Å². The van der Waals surface area contributed by atoms with Gasteiger partial charge in [0, 0.05) is 38.1 Å². The van der Waals surface area contributed by atoms with Crippen molar-refractivity contribution in [1.29, 1.82) is 0 Å². The molecule has 0 aliphatic carbocycles. The molecule has 0 radical (unpaired) electrons. The van der Waals surface area contributed by atoms with Gasteiger partial charge in [0.2, 0.25) is 0 Å². The first-order valence-corrected chi connectivity index (χ1v) is 7.48. The van der Waals surface area contributed by atoms with Gasteiger partial charge in [-0.1, -0.05) is 13.8 Å². The van der Waals surface area contributed by atoms with Crippen LogP contribution in [-0.4, -0.2) is 54.6 Å². The van der Waals surface area contributed by atoms with E-state index in [1.54, 1.807) is 0 Å². The van der Waals surface area contributed by atoms with Gasteiger partial charge < -0.3 is 15.1 Å². The molecular formula is C15H27N5. The number of hydrogen-bond donors (Lipinski definition) is 1. The minimum Gasteiger partial charge on any atom is -0.366 e. The first kappa shape index (κ1) is 15.2. The molecule has 1 saturated heterocycles. The fourth-order valence-corrected chi connectivity index (χ4v) is 2.53. The predicted molar refractivity (Wildman–Crippen MR) is 83.2 cm³/mol. The van der Waals surface area contributed by atoms with E-state index in [0.717, 1.165) is 37.7 Å². The number of nitrogens with one attached hydrogen (secondary N) is 1. The second-order valence-electron chi connectivity index (χ2n) is 6.02. The van der Waals surface area contributed by atoms with E-state index < -0.39 is 0 Å². The highest BCUT2D eigenvalue weighted by molar-refractivity contribution is 5.50. The first-order chi connectivity index (χ1) is 9.52. The molecule has 0 aromatic carbocycles. The van der Waals surface area contributed by atoms with Crippen LogP contribution in [0, 0.1) is 0 Å². The molecule has 2 heterocycles. The van der Waals surface area contributed by atoms with E-state index in [9.17, 15) is 0 Å². The summed E-state index contributed by atoms with van der Waals surface area (Å²) in [5.74, 6) is 1.30. The van der Waals surface area contributed by atoms with Crippen molar-refractivity contribution >= 4 is 5.69 Å². The lowest BCUT2D eigenvalue weighted by Crippen LogP contribution is -2.50. The van der Waals surface area contributed by atoms with E-state index in [1.165, 1.54) is 5.69 Å². The minimum atomic E-state index is 0.367. The largest absolute Gasteiger partial charge is 0.366 e. The van der Waals surface area contributed by atoms with E-state index in [0.29, 0.717) is 12.0 Å². The van der Waals surface area contributed by atoms with Gasteiger partial charge in [-0.05, 0) is 21.0 Å². The minimum absolute atomic E-state index is 0.367. The van der Waals surface area contributed by atoms with Crippen molar-refractivity contribution in [3.05, 3.63) is 17.7 Å². The molecule has 1 aromatic rings. The second-order valence-corrected chi connectivity index (χ2v) is 6.02. The first-order valence-electron chi connectivity index (χ1n) is 7.48. The monoisotopic (exact) mass is 277 g/mol. The number of likely N-dealkylation sites (N-methyl/N-ethyl adjacent to an activating group) is 1. The lowest BCUT2D eigenvalue weighted by atomic mass is 10.1. The van der Waals surface area contributed by atoms with Crippen molar-refractivity contribution < 1.29 is 0 Å². The van der Waals surface area contributed by atoms with E-state index in [1.807, 2.05) is 13.2 Å². The molecule has 5 nitrogen and oxygen atoms in total. The molecule has 0 bridgehead atoms. The zero-order valence-corrected chi connectivity index (χ0v) is 13.3. The van der Waals surface area contributed by atoms with Gasteiger partial charge >= 0.3 is 0 Å². The Morgan fingerprint density at radius 2 is 2.15 bits per heavy atom. The molecule has 5 heteroatoms. The molecule has 1 fully saturated rings. The Morgan fingerprint density at radius 3 is 2.75 bits per heavy atom. The Morgan fingerprint density at radius 1 is 1.40 bits per heavy atom. The molecule has 0 saturated carbocycles. The zero-order chi connectivity index (χ0) is 14.7. The summed E-state index contributed by atoms with van der Waals surface area (Å²) in [4.78, 5) is 14.1. The van der Waals surface area contributed by atoms with Crippen molar-refractivity contribution in [3.63, 3.8) is 0 Å². The summed E-state index contributed by atoms with van der Waals surface area (Å²) in [6.45, 7) is 10.5. The summed E-state index contributed by atoms with van der Waals surface area (Å²) in [5, 5.41) is 3.22. The maximum Gasteiger partial charge on any atom is 0.131 e. The molecule has 1 unspecified atom stereocenters. The molecule has 1 aromatic heterocycles. The van der Waals surface area contributed by atoms with Crippen LogP contribution < -0.4 is 10.2 Å². The maximum absolute atomic E-state index is 4.75. The number of anilines is 1. The van der Waals surface area contributed by atoms with E-state index >= 15 is 0 Å². The van der Waals surface area contributed by atoms with Crippen LogP contribution in [0.1, 0.15) is 38.2 Å². The Kier molecular flexibility index (Phi) is 4.94. The van der Waals surface area contributed by atoms with Gasteiger partial charge in [0.1, 0.15) is 5.82 Å². The lowest BCUT2D eigenvalue weighted by Gasteiger charge is -2.39. The third kappa shape index (κ3) is 3.27. The van der Waals surface area contributed by atoms with Crippen LogP contribution in [0.2, 0.25) is 0 Å². The molecule has 2 rings (SSSR count). The van der Waals surface area contributed by atoms with Crippen LogP contribution in [0.3, 0.4) is 0 Å². The fraction of sp³-hybridized carbons (Fsp3) is 0.733. The summed E-state index contributed by atoms with van der Waals surface area (Å²) >= 11 is 0. The predicted octanol–water partition coefficient (Wildman–Crippen LogP) is 1.46. The van der Waals surface area contributed by atoms with Gasteiger partial charge in [-0.15, -0.1) is 0 Å². The Balaban J connectivity index is 2.26. The number of hydrogen-bond acceptors (Lipinski definition) is 5. The van der Waals surface area contributed by atoms with Gasteiger partial charge in [0.15, 0.2) is 0 Å². The quantitative estimate of drug-likeness (QED) is 0.902. The molecular weight excluding hydrogens is 250 g/mol. The highest BCUT2D eigenvalue weighted by atomic mass is 15.3. The van der Waals surface area contributed by atoms with Gasteiger partial charge in [-0.3, -0.25) is 0 Å². The van der Waals surface area contributed by atoms with Crippen molar-refractivity contribution in [3.8, 4) is 0 Å². The maximum atomic E-state index is 4.75. The van der Waals surface area contributed by atoms with E-state index in [4.69, 9.17) is 4.98 Å². The summed E-state index contributed by atoms with van der Waals surface area (Å²) in [6, 6.07) is 0.566. The number of piperazine rings is 1. The highest BCUT2D eigenvalue weighted by Crippen LogP contribution is 2.23. The summed E-state index contributed by atoms with van der Waals surface area (Å²) in [5.41, 5.74) is 2.30. The summed E-state index contributed by atoms with van der Waals surface area (Å²) in [6.07, 6.45) is 2.01. The zero-order valence-electron chi connectivity index (χ0n) is 13.3. The molecule has 1 atom stereocenters. The van der Waals surface area contributed by atoms with Gasteiger partial charge in [-0.2, -0.15) is 0 Å². The van der Waals surface area contributed by atoms with Gasteiger partial charge in [0.25, 0.3) is 0 Å². The Labute approximate surface area is 122 Å². The third-order valence-electron chi connectivity index (χ3n) is 4.03. The number of rotatable bonds is 4. The Bertz CT molecular complexity index is 446. The lowest BCUT2D eigenvalue weighted by molar-refractivity contribution is 0.233. The van der Waals surface area contributed by atoms with Crippen molar-refractivity contribution in [1.82, 2.24) is 20.2 Å². The highest BCUT2D eigenvalue weighted by Gasteiger charge is 2.23. The van der Waals surface area contributed by atoms with Crippen LogP contribution in [0.25, 0.3) is 0 Å². The summed E-state index contributed by atoms with van der Waals surface area (Å²) in [7, 11) is 4.16. The van der Waals surface area contributed by atoms with Crippen LogP contribution in [-0.2, 0) is 6.54 Å². The standard InChI is InChI=1S/C15H27N5/c1-11(2)15-17-9-14(13(18-15)8-16-4)20-7-6-19(5)12(3)10-20/h9,11-12,16H,6-8,10H2,1-5H3. The average molecular weight is 277 g/mol. The van der Waals surface area contributed by atoms with Gasteiger partial charge in [0.05, 0.1) is 17.6 Å². The molecule has 1 aliphatic rings. The Hall–Kier alpha value is -1.20. The normalized spacial score (nSPS) is 20.7. The SMILES string of the molecule is CNCc1nc(C(C)C)ncc1N1CCN(C)C(C)C1. The molecule has 1 aliphatic heterocycles. The second kappa shape index (κ2) is 6.50. The number of nitrogens with zero attached hydrogens (tertiary/aromatic N) is 4. The molecule has 112 valence electrons. The third-order valence-corrected chi connectivity index (χ3v) is 4.03. The van der Waals surface area contributed by atoms with Crippen molar-refractivity contribution in [2.75, 3.05) is 38.6 Å². The fourth-order valence-electron chi connectivity index (χ4n) is 2.53. The molecule has 0 amide bonds. The number of aromatic nitrogens is 2. The van der Waals surface area contributed by atoms with Crippen LogP contribution in [0.5, 0.6) is 0 Å². The average Bonchev–Trinajstić information content (AvgIpc) is 2.42. The van der Waals surface area contributed by atoms with Crippen LogP contribution in [0.15, 0.2) is 6.20 Å². The van der Waals surface area contributed by atoms with Crippen molar-refractivity contribution in [2.24, 2.45) is 0 Å². The van der Waals surface area contributed by atoms with Crippen LogP contribution in [0.4, 0.5) is 5.69 Å². The molecule has 20 heavy (non-hydrogen) atoms. The molecule has 0 spiro atoms. The van der Waals surface area contributed by atoms with E-state index in [2.05, 4.69) is 47.9 Å². The van der Waals surface area contributed by atoms with Crippen molar-refractivity contribution in [2.45, 2.75) is 39.3 Å². The summed E-state index contributed by atoms with van der Waals surface area (Å²) < 4.78 is 0. The molecule has 1 N–H and O–H groups in total. The smallest absolute Gasteiger partial charge is 0.131 e.